The lowest BCUT2D eigenvalue weighted by atomic mass is 10.3. The normalized spacial score (nSPS) is 10.8. The average molecular weight is 272 g/mol. The highest BCUT2D eigenvalue weighted by atomic mass is 127. The van der Waals surface area contributed by atoms with Crippen molar-refractivity contribution in [1.82, 2.24) is 9.55 Å². The average Bonchev–Trinajstić information content (AvgIpc) is 2.50. The minimum absolute atomic E-state index is 1.04. The number of benzene rings is 1. The molecule has 0 N–H and O–H groups in total. The topological polar surface area (TPSA) is 17.8 Å². The number of hydrogen-bond acceptors (Lipinski definition) is 1. The van der Waals surface area contributed by atoms with Crippen LogP contribution in [0.2, 0.25) is 0 Å². The predicted molar refractivity (Wildman–Crippen MR) is 58.6 cm³/mol. The Labute approximate surface area is 84.7 Å². The lowest BCUT2D eigenvalue weighted by Gasteiger charge is -1.98. The molecule has 0 amide bonds. The third kappa shape index (κ3) is 1.33. The van der Waals surface area contributed by atoms with Crippen molar-refractivity contribution in [2.45, 2.75) is 6.54 Å². The van der Waals surface area contributed by atoms with Gasteiger partial charge in [-0.15, -0.1) is 0 Å². The van der Waals surface area contributed by atoms with Gasteiger partial charge in [0, 0.05) is 11.0 Å². The van der Waals surface area contributed by atoms with Gasteiger partial charge >= 0.3 is 0 Å². The Kier molecular flexibility index (Phi) is 2.30. The summed E-state index contributed by atoms with van der Waals surface area (Å²) < 4.78 is 3.31. The number of alkyl halides is 1. The van der Waals surface area contributed by atoms with E-state index in [1.54, 1.807) is 0 Å². The molecule has 2 nitrogen and oxygen atoms in total. The summed E-state index contributed by atoms with van der Waals surface area (Å²) in [5, 5.41) is 0. The van der Waals surface area contributed by atoms with E-state index in [1.165, 1.54) is 5.52 Å². The molecule has 2 rings (SSSR count). The fourth-order valence-corrected chi connectivity index (χ4v) is 1.80. The molecule has 0 fully saturated rings. The summed E-state index contributed by atoms with van der Waals surface area (Å²) in [6.07, 6.45) is 1.91. The van der Waals surface area contributed by atoms with Gasteiger partial charge in [-0.2, -0.15) is 0 Å². The van der Waals surface area contributed by atoms with Crippen LogP contribution in [0.1, 0.15) is 0 Å². The Morgan fingerprint density at radius 2 is 2.17 bits per heavy atom. The summed E-state index contributed by atoms with van der Waals surface area (Å²) in [5.41, 5.74) is 2.32. The van der Waals surface area contributed by atoms with Crippen molar-refractivity contribution < 1.29 is 0 Å². The molecular weight excluding hydrogens is 263 g/mol. The fourth-order valence-electron chi connectivity index (χ4n) is 1.28. The van der Waals surface area contributed by atoms with E-state index in [9.17, 15) is 0 Å². The van der Waals surface area contributed by atoms with Crippen LogP contribution < -0.4 is 0 Å². The van der Waals surface area contributed by atoms with E-state index in [-0.39, 0.29) is 0 Å². The maximum atomic E-state index is 4.30. The van der Waals surface area contributed by atoms with Gasteiger partial charge in [-0.25, -0.2) is 4.98 Å². The zero-order valence-corrected chi connectivity index (χ0v) is 8.73. The number of para-hydroxylation sites is 2. The Bertz CT molecular complexity index is 381. The summed E-state index contributed by atoms with van der Waals surface area (Å²) in [7, 11) is 0. The van der Waals surface area contributed by atoms with Crippen LogP contribution >= 0.6 is 22.6 Å². The molecule has 2 aromatic rings. The van der Waals surface area contributed by atoms with Crippen molar-refractivity contribution >= 4 is 33.6 Å². The highest BCUT2D eigenvalue weighted by Crippen LogP contribution is 2.11. The van der Waals surface area contributed by atoms with Crippen molar-refractivity contribution in [3.05, 3.63) is 30.6 Å². The molecule has 1 heterocycles. The summed E-state index contributed by atoms with van der Waals surface area (Å²) in [6.45, 7) is 1.04. The van der Waals surface area contributed by atoms with E-state index in [2.05, 4.69) is 38.2 Å². The van der Waals surface area contributed by atoms with Gasteiger partial charge in [0.1, 0.15) is 0 Å². The zero-order chi connectivity index (χ0) is 8.39. The Morgan fingerprint density at radius 1 is 1.33 bits per heavy atom. The van der Waals surface area contributed by atoms with Crippen LogP contribution in [0.5, 0.6) is 0 Å². The fraction of sp³-hybridized carbons (Fsp3) is 0.222. The van der Waals surface area contributed by atoms with E-state index in [0.717, 1.165) is 16.5 Å². The monoisotopic (exact) mass is 272 g/mol. The van der Waals surface area contributed by atoms with Crippen molar-refractivity contribution in [1.29, 1.82) is 0 Å². The third-order valence-corrected chi connectivity index (χ3v) is 2.34. The molecule has 1 aromatic carbocycles. The molecule has 0 aliphatic carbocycles. The molecule has 0 spiro atoms. The van der Waals surface area contributed by atoms with E-state index in [0.29, 0.717) is 0 Å². The second kappa shape index (κ2) is 3.43. The minimum Gasteiger partial charge on any atom is -0.330 e. The number of hydrogen-bond donors (Lipinski definition) is 0. The molecule has 3 heteroatoms. The quantitative estimate of drug-likeness (QED) is 0.606. The first-order valence-corrected chi connectivity index (χ1v) is 5.40. The number of fused-ring (bicyclic) bond motifs is 1. The van der Waals surface area contributed by atoms with E-state index < -0.39 is 0 Å². The van der Waals surface area contributed by atoms with Crippen LogP contribution in [-0.2, 0) is 6.54 Å². The number of nitrogens with zero attached hydrogens (tertiary/aromatic N) is 2. The summed E-state index contributed by atoms with van der Waals surface area (Å²) in [5.74, 6) is 0. The predicted octanol–water partition coefficient (Wildman–Crippen LogP) is 2.47. The zero-order valence-electron chi connectivity index (χ0n) is 6.57. The Morgan fingerprint density at radius 3 is 3.00 bits per heavy atom. The standard InChI is InChI=1S/C9H9IN2/c10-5-6-12-7-11-8-3-1-2-4-9(8)12/h1-4,7H,5-6H2. The third-order valence-electron chi connectivity index (χ3n) is 1.85. The molecule has 0 atom stereocenters. The smallest absolute Gasteiger partial charge is 0.0958 e. The molecule has 0 saturated heterocycles. The molecule has 0 unspecified atom stereocenters. The Hall–Kier alpha value is -0.580. The van der Waals surface area contributed by atoms with Gasteiger partial charge in [0.2, 0.25) is 0 Å². The molecular formula is C9H9IN2. The molecule has 62 valence electrons. The summed E-state index contributed by atoms with van der Waals surface area (Å²) >= 11 is 2.37. The van der Waals surface area contributed by atoms with Gasteiger partial charge in [0.15, 0.2) is 0 Å². The maximum absolute atomic E-state index is 4.30. The molecule has 0 radical (unpaired) electrons. The second-order valence-electron chi connectivity index (χ2n) is 2.62. The first-order valence-electron chi connectivity index (χ1n) is 3.87. The number of aryl methyl sites for hydroxylation is 1. The minimum atomic E-state index is 1.04. The van der Waals surface area contributed by atoms with Crippen molar-refractivity contribution in [2.75, 3.05) is 4.43 Å². The van der Waals surface area contributed by atoms with Gasteiger partial charge in [0.25, 0.3) is 0 Å². The van der Waals surface area contributed by atoms with Crippen LogP contribution in [0.25, 0.3) is 11.0 Å². The van der Waals surface area contributed by atoms with Gasteiger partial charge in [-0.05, 0) is 12.1 Å². The molecule has 0 bridgehead atoms. The number of imidazole rings is 1. The summed E-state index contributed by atoms with van der Waals surface area (Å²) in [6, 6.07) is 8.21. The molecule has 0 aliphatic heterocycles. The van der Waals surface area contributed by atoms with Gasteiger partial charge < -0.3 is 4.57 Å². The second-order valence-corrected chi connectivity index (χ2v) is 3.69. The van der Waals surface area contributed by atoms with Gasteiger partial charge in [-0.1, -0.05) is 34.7 Å². The molecule has 1 aromatic heterocycles. The SMILES string of the molecule is ICCn1cnc2ccccc21. The lowest BCUT2D eigenvalue weighted by Crippen LogP contribution is -1.95. The highest BCUT2D eigenvalue weighted by Gasteiger charge is 1.98. The van der Waals surface area contributed by atoms with E-state index in [1.807, 2.05) is 24.5 Å². The van der Waals surface area contributed by atoms with Gasteiger partial charge in [0.05, 0.1) is 17.4 Å². The first kappa shape index (κ1) is 8.04. The first-order chi connectivity index (χ1) is 5.92. The highest BCUT2D eigenvalue weighted by molar-refractivity contribution is 14.1. The number of halogens is 1. The maximum Gasteiger partial charge on any atom is 0.0958 e. The van der Waals surface area contributed by atoms with Gasteiger partial charge in [-0.3, -0.25) is 0 Å². The van der Waals surface area contributed by atoms with Crippen LogP contribution in [0.4, 0.5) is 0 Å². The largest absolute Gasteiger partial charge is 0.330 e. The van der Waals surface area contributed by atoms with Crippen LogP contribution in [0.3, 0.4) is 0 Å². The lowest BCUT2D eigenvalue weighted by molar-refractivity contribution is 0.805. The Balaban J connectivity index is 2.55. The van der Waals surface area contributed by atoms with Crippen LogP contribution in [0, 0.1) is 0 Å². The van der Waals surface area contributed by atoms with Crippen LogP contribution in [-0.4, -0.2) is 14.0 Å². The van der Waals surface area contributed by atoms with E-state index in [4.69, 9.17) is 0 Å². The van der Waals surface area contributed by atoms with Crippen molar-refractivity contribution in [3.8, 4) is 0 Å². The molecule has 0 aliphatic rings. The van der Waals surface area contributed by atoms with Crippen molar-refractivity contribution in [2.24, 2.45) is 0 Å². The molecule has 0 saturated carbocycles. The molecule has 12 heavy (non-hydrogen) atoms. The number of aromatic nitrogens is 2. The number of rotatable bonds is 2. The van der Waals surface area contributed by atoms with Crippen LogP contribution in [0.15, 0.2) is 30.6 Å². The van der Waals surface area contributed by atoms with Crippen molar-refractivity contribution in [3.63, 3.8) is 0 Å². The summed E-state index contributed by atoms with van der Waals surface area (Å²) in [4.78, 5) is 4.30. The van der Waals surface area contributed by atoms with E-state index >= 15 is 0 Å².